The largest absolute Gasteiger partial charge is 0.398 e. The first-order valence-corrected chi connectivity index (χ1v) is 6.99. The molecule has 3 rings (SSSR count). The minimum atomic E-state index is -0.460. The highest BCUT2D eigenvalue weighted by Crippen LogP contribution is 2.47. The average Bonchev–Trinajstić information content (AvgIpc) is 3.29. The fourth-order valence-corrected chi connectivity index (χ4v) is 2.58. The molecule has 0 aromatic heterocycles. The van der Waals surface area contributed by atoms with Crippen molar-refractivity contribution in [3.8, 4) is 0 Å². The second kappa shape index (κ2) is 5.20. The molecule has 2 aromatic rings. The number of halogens is 1. The summed E-state index contributed by atoms with van der Waals surface area (Å²) in [6.07, 6.45) is 2.10. The molecule has 0 unspecified atom stereocenters. The molecule has 108 valence electrons. The Bertz CT molecular complexity index is 666. The highest BCUT2D eigenvalue weighted by atomic mass is 19.1. The summed E-state index contributed by atoms with van der Waals surface area (Å²) in [5.41, 5.74) is 7.47. The monoisotopic (exact) mass is 284 g/mol. The Labute approximate surface area is 123 Å². The minimum absolute atomic E-state index is 0.0268. The van der Waals surface area contributed by atoms with Gasteiger partial charge in [-0.25, -0.2) is 4.39 Å². The lowest BCUT2D eigenvalue weighted by Gasteiger charge is -2.17. The lowest BCUT2D eigenvalue weighted by atomic mass is 9.96. The first kappa shape index (κ1) is 13.6. The first-order valence-electron chi connectivity index (χ1n) is 6.99. The smallest absolute Gasteiger partial charge is 0.253 e. The zero-order chi connectivity index (χ0) is 14.9. The van der Waals surface area contributed by atoms with Crippen molar-refractivity contribution >= 4 is 11.6 Å². The maximum Gasteiger partial charge on any atom is 0.253 e. The Morgan fingerprint density at radius 1 is 1.19 bits per heavy atom. The molecular formula is C17H17FN2O. The highest BCUT2D eigenvalue weighted by molar-refractivity contribution is 5.99. The fraction of sp³-hybridized carbons (Fsp3) is 0.235. The Hall–Kier alpha value is -2.36. The van der Waals surface area contributed by atoms with Crippen LogP contribution in [-0.2, 0) is 5.41 Å². The van der Waals surface area contributed by atoms with E-state index in [9.17, 15) is 9.18 Å². The van der Waals surface area contributed by atoms with E-state index in [1.54, 1.807) is 0 Å². The summed E-state index contributed by atoms with van der Waals surface area (Å²) in [5.74, 6) is -0.784. The van der Waals surface area contributed by atoms with Crippen molar-refractivity contribution in [2.45, 2.75) is 18.3 Å². The zero-order valence-corrected chi connectivity index (χ0v) is 11.6. The van der Waals surface area contributed by atoms with E-state index in [1.807, 2.05) is 18.2 Å². The van der Waals surface area contributed by atoms with Crippen molar-refractivity contribution in [3.05, 3.63) is 65.5 Å². The van der Waals surface area contributed by atoms with E-state index in [-0.39, 0.29) is 16.9 Å². The third kappa shape index (κ3) is 2.75. The van der Waals surface area contributed by atoms with Crippen LogP contribution in [0, 0.1) is 5.82 Å². The van der Waals surface area contributed by atoms with Crippen LogP contribution in [0.5, 0.6) is 0 Å². The summed E-state index contributed by atoms with van der Waals surface area (Å²) in [6.45, 7) is 0.547. The predicted octanol–water partition coefficient (Wildman–Crippen LogP) is 2.87. The van der Waals surface area contributed by atoms with Gasteiger partial charge < -0.3 is 11.1 Å². The van der Waals surface area contributed by atoms with Crippen LogP contribution in [-0.4, -0.2) is 12.5 Å². The average molecular weight is 284 g/mol. The quantitative estimate of drug-likeness (QED) is 0.848. The van der Waals surface area contributed by atoms with Crippen LogP contribution in [0.3, 0.4) is 0 Å². The van der Waals surface area contributed by atoms with Gasteiger partial charge in [0.25, 0.3) is 5.91 Å². The number of anilines is 1. The van der Waals surface area contributed by atoms with E-state index in [1.165, 1.54) is 23.8 Å². The molecule has 1 fully saturated rings. The molecule has 1 aliphatic rings. The van der Waals surface area contributed by atoms with Gasteiger partial charge in [0.05, 0.1) is 5.56 Å². The standard InChI is InChI=1S/C17H17FN2O/c18-13-6-7-15(19)14(10-13)16(21)20-11-17(8-9-17)12-4-2-1-3-5-12/h1-7,10H,8-9,11,19H2,(H,20,21). The second-order valence-electron chi connectivity index (χ2n) is 5.56. The molecule has 21 heavy (non-hydrogen) atoms. The van der Waals surface area contributed by atoms with Crippen LogP contribution < -0.4 is 11.1 Å². The number of rotatable bonds is 4. The number of hydrogen-bond donors (Lipinski definition) is 2. The number of nitrogen functional groups attached to an aromatic ring is 1. The van der Waals surface area contributed by atoms with Gasteiger partial charge in [-0.05, 0) is 36.6 Å². The van der Waals surface area contributed by atoms with E-state index in [0.29, 0.717) is 12.2 Å². The molecule has 0 atom stereocenters. The minimum Gasteiger partial charge on any atom is -0.398 e. The predicted molar refractivity (Wildman–Crippen MR) is 80.5 cm³/mol. The molecule has 0 heterocycles. The van der Waals surface area contributed by atoms with Gasteiger partial charge in [0.1, 0.15) is 5.82 Å². The van der Waals surface area contributed by atoms with Crippen molar-refractivity contribution in [2.24, 2.45) is 0 Å². The van der Waals surface area contributed by atoms with Gasteiger partial charge in [0.2, 0.25) is 0 Å². The maximum atomic E-state index is 13.2. The molecule has 3 nitrogen and oxygen atoms in total. The molecule has 1 aliphatic carbocycles. The van der Waals surface area contributed by atoms with Crippen molar-refractivity contribution < 1.29 is 9.18 Å². The molecular weight excluding hydrogens is 267 g/mol. The van der Waals surface area contributed by atoms with E-state index in [4.69, 9.17) is 5.73 Å². The van der Waals surface area contributed by atoms with Crippen LogP contribution in [0.1, 0.15) is 28.8 Å². The molecule has 3 N–H and O–H groups in total. The maximum absolute atomic E-state index is 13.2. The van der Waals surface area contributed by atoms with Crippen molar-refractivity contribution in [3.63, 3.8) is 0 Å². The molecule has 0 saturated heterocycles. The number of nitrogens with two attached hydrogens (primary N) is 1. The molecule has 0 bridgehead atoms. The Morgan fingerprint density at radius 3 is 2.57 bits per heavy atom. The number of amides is 1. The van der Waals surface area contributed by atoms with E-state index < -0.39 is 5.82 Å². The Kier molecular flexibility index (Phi) is 3.37. The van der Waals surface area contributed by atoms with Gasteiger partial charge in [-0.3, -0.25) is 4.79 Å². The van der Waals surface area contributed by atoms with E-state index >= 15 is 0 Å². The van der Waals surface area contributed by atoms with Gasteiger partial charge in [-0.15, -0.1) is 0 Å². The van der Waals surface area contributed by atoms with Crippen LogP contribution in [0.15, 0.2) is 48.5 Å². The van der Waals surface area contributed by atoms with Crippen LogP contribution in [0.2, 0.25) is 0 Å². The molecule has 2 aromatic carbocycles. The summed E-state index contributed by atoms with van der Waals surface area (Å²) in [6, 6.07) is 14.0. The lowest BCUT2D eigenvalue weighted by Crippen LogP contribution is -2.32. The number of carbonyl (C=O) groups is 1. The molecule has 0 aliphatic heterocycles. The third-order valence-electron chi connectivity index (χ3n) is 4.09. The number of nitrogens with one attached hydrogen (secondary N) is 1. The summed E-state index contributed by atoms with van der Waals surface area (Å²) in [5, 5.41) is 2.88. The number of benzene rings is 2. The van der Waals surface area contributed by atoms with Crippen molar-refractivity contribution in [2.75, 3.05) is 12.3 Å². The van der Waals surface area contributed by atoms with Crippen LogP contribution in [0.25, 0.3) is 0 Å². The van der Waals surface area contributed by atoms with Gasteiger partial charge in [0, 0.05) is 17.6 Å². The molecule has 1 amide bonds. The van der Waals surface area contributed by atoms with Gasteiger partial charge in [0.15, 0.2) is 0 Å². The second-order valence-corrected chi connectivity index (χ2v) is 5.56. The van der Waals surface area contributed by atoms with Crippen molar-refractivity contribution in [1.29, 1.82) is 0 Å². The summed E-state index contributed by atoms with van der Waals surface area (Å²) < 4.78 is 13.2. The number of carbonyl (C=O) groups excluding carboxylic acids is 1. The molecule has 0 spiro atoms. The summed E-state index contributed by atoms with van der Waals surface area (Å²) in [4.78, 5) is 12.2. The Morgan fingerprint density at radius 2 is 1.90 bits per heavy atom. The fourth-order valence-electron chi connectivity index (χ4n) is 2.58. The highest BCUT2D eigenvalue weighted by Gasteiger charge is 2.44. The van der Waals surface area contributed by atoms with Gasteiger partial charge in [-0.1, -0.05) is 30.3 Å². The van der Waals surface area contributed by atoms with Gasteiger partial charge in [-0.2, -0.15) is 0 Å². The third-order valence-corrected chi connectivity index (χ3v) is 4.09. The first-order chi connectivity index (χ1) is 10.1. The lowest BCUT2D eigenvalue weighted by molar-refractivity contribution is 0.0950. The summed E-state index contributed by atoms with van der Waals surface area (Å²) in [7, 11) is 0. The van der Waals surface area contributed by atoms with E-state index in [2.05, 4.69) is 17.4 Å². The Balaban J connectivity index is 1.71. The normalized spacial score (nSPS) is 15.5. The van der Waals surface area contributed by atoms with Crippen LogP contribution in [0.4, 0.5) is 10.1 Å². The number of hydrogen-bond acceptors (Lipinski definition) is 2. The summed E-state index contributed by atoms with van der Waals surface area (Å²) >= 11 is 0. The molecule has 1 saturated carbocycles. The van der Waals surface area contributed by atoms with Crippen molar-refractivity contribution in [1.82, 2.24) is 5.32 Å². The van der Waals surface area contributed by atoms with Crippen LogP contribution >= 0.6 is 0 Å². The van der Waals surface area contributed by atoms with E-state index in [0.717, 1.165) is 12.8 Å². The van der Waals surface area contributed by atoms with Gasteiger partial charge >= 0.3 is 0 Å². The topological polar surface area (TPSA) is 55.1 Å². The molecule has 0 radical (unpaired) electrons. The molecule has 4 heteroatoms. The zero-order valence-electron chi connectivity index (χ0n) is 11.6. The SMILES string of the molecule is Nc1ccc(F)cc1C(=O)NCC1(c2ccccc2)CC1.